The Morgan fingerprint density at radius 2 is 1.59 bits per heavy atom. The van der Waals surface area contributed by atoms with Crippen LogP contribution in [0.25, 0.3) is 0 Å². The first-order valence-electron chi connectivity index (χ1n) is 5.81. The van der Waals surface area contributed by atoms with Crippen LogP contribution in [0.1, 0.15) is 22.7 Å². The van der Waals surface area contributed by atoms with Crippen LogP contribution in [0.15, 0.2) is 54.6 Å². The minimum absolute atomic E-state index is 0. The first kappa shape index (κ1) is 13.5. The van der Waals surface area contributed by atoms with Gasteiger partial charge in [0.15, 0.2) is 0 Å². The molecule has 0 spiro atoms. The van der Waals surface area contributed by atoms with Gasteiger partial charge in [0, 0.05) is 57.9 Å². The topological polar surface area (TPSA) is 12.0 Å². The van der Waals surface area contributed by atoms with Crippen molar-refractivity contribution in [2.75, 3.05) is 6.54 Å². The summed E-state index contributed by atoms with van der Waals surface area (Å²) in [6.07, 6.45) is 1.14. The van der Waals surface area contributed by atoms with E-state index in [0.29, 0.717) is 6.04 Å². The fourth-order valence-corrected chi connectivity index (χ4v) is 2.45. The summed E-state index contributed by atoms with van der Waals surface area (Å²) in [6, 6.07) is 19.8. The molecule has 0 bridgehead atoms. The van der Waals surface area contributed by atoms with Crippen LogP contribution in [-0.4, -0.2) is 57.9 Å². The Labute approximate surface area is 145 Å². The molecule has 17 heavy (non-hydrogen) atoms. The van der Waals surface area contributed by atoms with E-state index in [-0.39, 0.29) is 51.4 Å². The van der Waals surface area contributed by atoms with E-state index in [1.807, 2.05) is 0 Å². The molecule has 0 unspecified atom stereocenters. The third kappa shape index (κ3) is 2.89. The summed E-state index contributed by atoms with van der Waals surface area (Å²) < 4.78 is 0. The van der Waals surface area contributed by atoms with Crippen molar-refractivity contribution < 1.29 is 0 Å². The van der Waals surface area contributed by atoms with E-state index in [1.54, 1.807) is 0 Å². The summed E-state index contributed by atoms with van der Waals surface area (Å²) in [5, 5.41) is 3.59. The monoisotopic (exact) mass is 248 g/mol. The zero-order valence-corrected chi connectivity index (χ0v) is 13.3. The maximum Gasteiger partial charge on any atom is 0.0579 e. The number of benzene rings is 2. The Kier molecular flexibility index (Phi) is 4.97. The molecule has 0 aliphatic carbocycles. The Morgan fingerprint density at radius 1 is 0.882 bits per heavy atom. The van der Waals surface area contributed by atoms with Gasteiger partial charge in [-0.25, -0.2) is 0 Å². The fourth-order valence-electron chi connectivity index (χ4n) is 2.45. The number of rotatable bonds is 1. The molecule has 1 nitrogen and oxygen atoms in total. The molecule has 2 aromatic rings. The van der Waals surface area contributed by atoms with Gasteiger partial charge < -0.3 is 5.32 Å². The van der Waals surface area contributed by atoms with Crippen LogP contribution in [0.4, 0.5) is 0 Å². The SMILES string of the molecule is [K].c1ccc([C@@H]2NCCc3ccccc32)cc1. The summed E-state index contributed by atoms with van der Waals surface area (Å²) >= 11 is 0. The van der Waals surface area contributed by atoms with Crippen LogP contribution in [0, 0.1) is 0 Å². The number of hydrogen-bond acceptors (Lipinski definition) is 1. The molecule has 1 aliphatic rings. The van der Waals surface area contributed by atoms with Crippen molar-refractivity contribution in [1.82, 2.24) is 5.32 Å². The summed E-state index contributed by atoms with van der Waals surface area (Å²) in [5.41, 5.74) is 4.27. The standard InChI is InChI=1S/C15H15N.K/c1-2-7-13(8-3-1)15-14-9-5-4-6-12(14)10-11-16-15;/h1-9,15-16H,10-11H2;/t15-;/m0./s1. The first-order valence-corrected chi connectivity index (χ1v) is 5.81. The van der Waals surface area contributed by atoms with Crippen molar-refractivity contribution in [3.8, 4) is 0 Å². The quantitative estimate of drug-likeness (QED) is 0.765. The fraction of sp³-hybridized carbons (Fsp3) is 0.200. The third-order valence-electron chi connectivity index (χ3n) is 3.24. The van der Waals surface area contributed by atoms with Gasteiger partial charge in [-0.05, 0) is 23.1 Å². The van der Waals surface area contributed by atoms with Gasteiger partial charge in [-0.2, -0.15) is 0 Å². The van der Waals surface area contributed by atoms with E-state index in [2.05, 4.69) is 59.9 Å². The molecule has 2 heteroatoms. The minimum atomic E-state index is 0. The smallest absolute Gasteiger partial charge is 0.0579 e. The molecule has 1 atom stereocenters. The maximum absolute atomic E-state index is 3.59. The van der Waals surface area contributed by atoms with Crippen molar-refractivity contribution in [1.29, 1.82) is 0 Å². The third-order valence-corrected chi connectivity index (χ3v) is 3.24. The molecular formula is C15H15KN. The predicted octanol–water partition coefficient (Wildman–Crippen LogP) is 2.54. The maximum atomic E-state index is 3.59. The summed E-state index contributed by atoms with van der Waals surface area (Å²) in [5.74, 6) is 0. The average Bonchev–Trinajstić information content (AvgIpc) is 2.39. The Bertz CT molecular complexity index is 481. The molecule has 1 aliphatic heterocycles. The van der Waals surface area contributed by atoms with Crippen molar-refractivity contribution in [3.63, 3.8) is 0 Å². The number of hydrogen-bond donors (Lipinski definition) is 1. The summed E-state index contributed by atoms with van der Waals surface area (Å²) in [6.45, 7) is 1.07. The van der Waals surface area contributed by atoms with E-state index in [0.717, 1.165) is 13.0 Å². The van der Waals surface area contributed by atoms with E-state index in [4.69, 9.17) is 0 Å². The van der Waals surface area contributed by atoms with Crippen LogP contribution >= 0.6 is 0 Å². The molecule has 2 aromatic carbocycles. The van der Waals surface area contributed by atoms with Gasteiger partial charge in [-0.3, -0.25) is 0 Å². The van der Waals surface area contributed by atoms with Gasteiger partial charge in [-0.15, -0.1) is 0 Å². The molecule has 81 valence electrons. The number of fused-ring (bicyclic) bond motifs is 1. The van der Waals surface area contributed by atoms with Crippen LogP contribution in [0.2, 0.25) is 0 Å². The molecule has 1 N–H and O–H groups in total. The van der Waals surface area contributed by atoms with Crippen molar-refractivity contribution in [3.05, 3.63) is 71.3 Å². The molecule has 3 rings (SSSR count). The second-order valence-electron chi connectivity index (χ2n) is 4.25. The van der Waals surface area contributed by atoms with Crippen LogP contribution < -0.4 is 5.32 Å². The van der Waals surface area contributed by atoms with Crippen molar-refractivity contribution in [2.24, 2.45) is 0 Å². The van der Waals surface area contributed by atoms with Crippen LogP contribution in [0.5, 0.6) is 0 Å². The van der Waals surface area contributed by atoms with Crippen LogP contribution in [-0.2, 0) is 6.42 Å². The molecule has 0 fully saturated rings. The Hall–Kier alpha value is 0.0364. The molecule has 0 saturated heterocycles. The van der Waals surface area contributed by atoms with Crippen molar-refractivity contribution in [2.45, 2.75) is 12.5 Å². The average molecular weight is 248 g/mol. The van der Waals surface area contributed by atoms with E-state index in [1.165, 1.54) is 16.7 Å². The van der Waals surface area contributed by atoms with Gasteiger partial charge in [0.25, 0.3) is 0 Å². The number of nitrogens with one attached hydrogen (secondary N) is 1. The largest absolute Gasteiger partial charge is 0.306 e. The van der Waals surface area contributed by atoms with Gasteiger partial charge in [0.05, 0.1) is 6.04 Å². The summed E-state index contributed by atoms with van der Waals surface area (Å²) in [7, 11) is 0. The Morgan fingerprint density at radius 3 is 2.41 bits per heavy atom. The minimum Gasteiger partial charge on any atom is -0.306 e. The van der Waals surface area contributed by atoms with Gasteiger partial charge in [0.2, 0.25) is 0 Å². The molecule has 0 amide bonds. The molecular weight excluding hydrogens is 233 g/mol. The molecule has 1 heterocycles. The van der Waals surface area contributed by atoms with Gasteiger partial charge >= 0.3 is 0 Å². The van der Waals surface area contributed by atoms with E-state index >= 15 is 0 Å². The summed E-state index contributed by atoms with van der Waals surface area (Å²) in [4.78, 5) is 0. The van der Waals surface area contributed by atoms with Gasteiger partial charge in [-0.1, -0.05) is 54.6 Å². The second-order valence-corrected chi connectivity index (χ2v) is 4.25. The second kappa shape index (κ2) is 6.28. The van der Waals surface area contributed by atoms with E-state index < -0.39 is 0 Å². The van der Waals surface area contributed by atoms with Crippen LogP contribution in [0.3, 0.4) is 0 Å². The van der Waals surface area contributed by atoms with Crippen molar-refractivity contribution >= 4 is 51.4 Å². The normalized spacial score (nSPS) is 18.0. The zero-order chi connectivity index (χ0) is 10.8. The predicted molar refractivity (Wildman–Crippen MR) is 72.2 cm³/mol. The Balaban J connectivity index is 0.00000108. The van der Waals surface area contributed by atoms with Gasteiger partial charge in [0.1, 0.15) is 0 Å². The van der Waals surface area contributed by atoms with E-state index in [9.17, 15) is 0 Å². The zero-order valence-electron chi connectivity index (χ0n) is 10.2. The molecule has 0 aromatic heterocycles. The molecule has 0 saturated carbocycles. The first-order chi connectivity index (χ1) is 7.95. The molecule has 1 radical (unpaired) electrons.